The zero-order valence-electron chi connectivity index (χ0n) is 12.2. The fourth-order valence-corrected chi connectivity index (χ4v) is 3.56. The normalized spacial score (nSPS) is 11.3. The second-order valence-corrected chi connectivity index (χ2v) is 7.62. The number of hydrogen-bond donors (Lipinski definition) is 2. The van der Waals surface area contributed by atoms with Gasteiger partial charge in [0.1, 0.15) is 0 Å². The Morgan fingerprint density at radius 2 is 1.86 bits per heavy atom. The van der Waals surface area contributed by atoms with Crippen molar-refractivity contribution in [2.24, 2.45) is 0 Å². The monoisotopic (exact) mass is 338 g/mol. The van der Waals surface area contributed by atoms with E-state index in [-0.39, 0.29) is 23.9 Å². The molecule has 0 atom stereocenters. The Morgan fingerprint density at radius 1 is 1.14 bits per heavy atom. The minimum Gasteiger partial charge on any atom is -0.354 e. The van der Waals surface area contributed by atoms with Crippen LogP contribution < -0.4 is 10.0 Å². The molecule has 0 aliphatic rings. The zero-order valence-corrected chi connectivity index (χ0v) is 13.8. The number of amides is 1. The summed E-state index contributed by atoms with van der Waals surface area (Å²) in [5.41, 5.74) is 1.000. The number of carbonyl (C=O) groups excluding carboxylic acids is 1. The number of rotatable bonds is 7. The molecule has 0 unspecified atom stereocenters. The van der Waals surface area contributed by atoms with Crippen LogP contribution >= 0.6 is 11.3 Å². The summed E-state index contributed by atoms with van der Waals surface area (Å²) in [5.74, 6) is -0.114. The van der Waals surface area contributed by atoms with Gasteiger partial charge < -0.3 is 5.32 Å². The van der Waals surface area contributed by atoms with Crippen LogP contribution in [-0.2, 0) is 21.2 Å². The molecule has 0 saturated heterocycles. The largest absolute Gasteiger partial charge is 0.354 e. The molecule has 1 aromatic heterocycles. The van der Waals surface area contributed by atoms with E-state index in [0.29, 0.717) is 6.42 Å². The lowest BCUT2D eigenvalue weighted by Crippen LogP contribution is -2.35. The smallest absolute Gasteiger partial charge is 0.240 e. The maximum Gasteiger partial charge on any atom is 0.240 e. The van der Waals surface area contributed by atoms with Crippen LogP contribution in [0.1, 0.15) is 10.4 Å². The Hall–Kier alpha value is -1.70. The van der Waals surface area contributed by atoms with Gasteiger partial charge >= 0.3 is 0 Å². The first-order chi connectivity index (χ1) is 10.5. The van der Waals surface area contributed by atoms with Gasteiger partial charge in [-0.25, -0.2) is 13.1 Å². The Labute approximate surface area is 134 Å². The van der Waals surface area contributed by atoms with Gasteiger partial charge in [0.15, 0.2) is 0 Å². The summed E-state index contributed by atoms with van der Waals surface area (Å²) < 4.78 is 26.5. The van der Waals surface area contributed by atoms with Crippen molar-refractivity contribution in [3.8, 4) is 0 Å². The van der Waals surface area contributed by atoms with Gasteiger partial charge in [-0.2, -0.15) is 0 Å². The first-order valence-corrected chi connectivity index (χ1v) is 9.19. The number of thiophene rings is 1. The topological polar surface area (TPSA) is 75.3 Å². The highest BCUT2D eigenvalue weighted by atomic mass is 32.2. The maximum absolute atomic E-state index is 12.0. The first kappa shape index (κ1) is 16.7. The van der Waals surface area contributed by atoms with Crippen molar-refractivity contribution in [1.29, 1.82) is 0 Å². The third-order valence-corrected chi connectivity index (χ3v) is 5.34. The van der Waals surface area contributed by atoms with E-state index in [9.17, 15) is 13.2 Å². The molecule has 0 saturated carbocycles. The molecule has 2 aromatic rings. The lowest BCUT2D eigenvalue weighted by molar-refractivity contribution is -0.120. The molecule has 2 N–H and O–H groups in total. The molecule has 0 fully saturated rings. The molecule has 1 amide bonds. The van der Waals surface area contributed by atoms with Crippen molar-refractivity contribution < 1.29 is 13.2 Å². The minimum absolute atomic E-state index is 0.114. The lowest BCUT2D eigenvalue weighted by Gasteiger charge is -2.08. The van der Waals surface area contributed by atoms with Gasteiger partial charge in [-0.15, -0.1) is 11.3 Å². The number of hydrogen-bond acceptors (Lipinski definition) is 4. The van der Waals surface area contributed by atoms with Gasteiger partial charge in [-0.1, -0.05) is 23.8 Å². The minimum atomic E-state index is -3.52. The number of nitrogens with one attached hydrogen (secondary N) is 2. The van der Waals surface area contributed by atoms with E-state index >= 15 is 0 Å². The van der Waals surface area contributed by atoms with Crippen LogP contribution in [0.2, 0.25) is 0 Å². The van der Waals surface area contributed by atoms with E-state index in [1.807, 2.05) is 24.4 Å². The summed E-state index contributed by atoms with van der Waals surface area (Å²) in [6.45, 7) is 2.31. The van der Waals surface area contributed by atoms with E-state index in [0.717, 1.165) is 10.4 Å². The molecule has 0 aliphatic carbocycles. The average molecular weight is 338 g/mol. The first-order valence-electron chi connectivity index (χ1n) is 6.83. The Kier molecular flexibility index (Phi) is 5.70. The molecule has 118 valence electrons. The number of sulfonamides is 1. The van der Waals surface area contributed by atoms with Crippen molar-refractivity contribution in [3.05, 3.63) is 52.2 Å². The molecule has 0 aliphatic heterocycles. The molecule has 5 nitrogen and oxygen atoms in total. The summed E-state index contributed by atoms with van der Waals surface area (Å²) >= 11 is 1.52. The van der Waals surface area contributed by atoms with E-state index in [1.54, 1.807) is 24.3 Å². The van der Waals surface area contributed by atoms with Crippen molar-refractivity contribution in [2.45, 2.75) is 18.2 Å². The molecule has 0 bridgehead atoms. The molecular weight excluding hydrogens is 320 g/mol. The lowest BCUT2D eigenvalue weighted by atomic mass is 10.2. The van der Waals surface area contributed by atoms with E-state index in [2.05, 4.69) is 10.0 Å². The Morgan fingerprint density at radius 3 is 2.50 bits per heavy atom. The predicted molar refractivity (Wildman–Crippen MR) is 87.4 cm³/mol. The predicted octanol–water partition coefficient (Wildman–Crippen LogP) is 1.69. The maximum atomic E-state index is 12.0. The standard InChI is InChI=1S/C15H18N2O3S2/c1-12-4-6-14(7-5-12)22(19,20)17-9-8-16-15(18)11-13-3-2-10-21-13/h2-7,10,17H,8-9,11H2,1H3,(H,16,18). The van der Waals surface area contributed by atoms with Crippen molar-refractivity contribution in [1.82, 2.24) is 10.0 Å². The quantitative estimate of drug-likeness (QED) is 0.755. The molecule has 0 radical (unpaired) electrons. The van der Waals surface area contributed by atoms with Gasteiger partial charge in [-0.05, 0) is 30.5 Å². The van der Waals surface area contributed by atoms with Crippen molar-refractivity contribution in [2.75, 3.05) is 13.1 Å². The van der Waals surface area contributed by atoms with Gasteiger partial charge in [0.2, 0.25) is 15.9 Å². The Balaban J connectivity index is 1.76. The van der Waals surface area contributed by atoms with Crippen LogP contribution in [0.25, 0.3) is 0 Å². The van der Waals surface area contributed by atoms with Crippen LogP contribution in [0.3, 0.4) is 0 Å². The highest BCUT2D eigenvalue weighted by Crippen LogP contribution is 2.10. The summed E-state index contributed by atoms with van der Waals surface area (Å²) in [6, 6.07) is 10.4. The van der Waals surface area contributed by atoms with Gasteiger partial charge in [0.25, 0.3) is 0 Å². The molecule has 7 heteroatoms. The fraction of sp³-hybridized carbons (Fsp3) is 0.267. The highest BCUT2D eigenvalue weighted by Gasteiger charge is 2.12. The van der Waals surface area contributed by atoms with Crippen LogP contribution in [0.5, 0.6) is 0 Å². The second-order valence-electron chi connectivity index (χ2n) is 4.82. The van der Waals surface area contributed by atoms with Crippen LogP contribution in [0, 0.1) is 6.92 Å². The molecule has 1 aromatic carbocycles. The van der Waals surface area contributed by atoms with Crippen LogP contribution in [0.15, 0.2) is 46.7 Å². The van der Waals surface area contributed by atoms with E-state index < -0.39 is 10.0 Å². The van der Waals surface area contributed by atoms with Crippen molar-refractivity contribution >= 4 is 27.3 Å². The van der Waals surface area contributed by atoms with Gasteiger partial charge in [-0.3, -0.25) is 4.79 Å². The van der Waals surface area contributed by atoms with Gasteiger partial charge in [0, 0.05) is 18.0 Å². The zero-order chi connectivity index (χ0) is 16.0. The molecule has 22 heavy (non-hydrogen) atoms. The van der Waals surface area contributed by atoms with E-state index in [4.69, 9.17) is 0 Å². The van der Waals surface area contributed by atoms with E-state index in [1.165, 1.54) is 11.3 Å². The molecular formula is C15H18N2O3S2. The number of benzene rings is 1. The number of carbonyl (C=O) groups is 1. The second kappa shape index (κ2) is 7.53. The SMILES string of the molecule is Cc1ccc(S(=O)(=O)NCCNC(=O)Cc2cccs2)cc1. The average Bonchev–Trinajstić information content (AvgIpc) is 2.97. The third kappa shape index (κ3) is 4.94. The highest BCUT2D eigenvalue weighted by molar-refractivity contribution is 7.89. The Bertz CT molecular complexity index is 708. The fourth-order valence-electron chi connectivity index (χ4n) is 1.82. The van der Waals surface area contributed by atoms with Crippen LogP contribution in [0.4, 0.5) is 0 Å². The molecule has 2 rings (SSSR count). The molecule has 1 heterocycles. The van der Waals surface area contributed by atoms with Gasteiger partial charge in [0.05, 0.1) is 11.3 Å². The summed E-state index contributed by atoms with van der Waals surface area (Å²) in [6.07, 6.45) is 0.322. The van der Waals surface area contributed by atoms with Crippen LogP contribution in [-0.4, -0.2) is 27.4 Å². The summed E-state index contributed by atoms with van der Waals surface area (Å²) in [5, 5.41) is 4.61. The summed E-state index contributed by atoms with van der Waals surface area (Å²) in [4.78, 5) is 12.9. The molecule has 0 spiro atoms. The number of aryl methyl sites for hydroxylation is 1. The third-order valence-electron chi connectivity index (χ3n) is 2.99. The van der Waals surface area contributed by atoms with Crippen molar-refractivity contribution in [3.63, 3.8) is 0 Å². The summed E-state index contributed by atoms with van der Waals surface area (Å²) in [7, 11) is -3.52.